The summed E-state index contributed by atoms with van der Waals surface area (Å²) < 4.78 is 14.7. The number of amides is 1. The average Bonchev–Trinajstić information content (AvgIpc) is 2.97. The molecule has 0 bridgehead atoms. The molecular weight excluding hydrogens is 278 g/mol. The lowest BCUT2D eigenvalue weighted by molar-refractivity contribution is -0.150. The van der Waals surface area contributed by atoms with E-state index in [9.17, 15) is 14.7 Å². The van der Waals surface area contributed by atoms with Crippen LogP contribution in [0.1, 0.15) is 5.56 Å². The topological polar surface area (TPSA) is 94.1 Å². The number of aliphatic hydroxyl groups is 1. The second-order valence-corrected chi connectivity index (χ2v) is 4.23. The van der Waals surface area contributed by atoms with Gasteiger partial charge in [0.2, 0.25) is 12.7 Å². The third kappa shape index (κ3) is 3.96. The lowest BCUT2D eigenvalue weighted by Crippen LogP contribution is -2.36. The number of aliphatic hydroxyl groups excluding tert-OH is 1. The van der Waals surface area contributed by atoms with Gasteiger partial charge in [-0.1, -0.05) is 6.07 Å². The second-order valence-electron chi connectivity index (χ2n) is 4.23. The molecule has 1 aromatic rings. The normalized spacial score (nSPS) is 14.0. The fourth-order valence-corrected chi connectivity index (χ4v) is 1.66. The number of hydrogen-bond acceptors (Lipinski definition) is 6. The molecule has 1 atom stereocenters. The Morgan fingerprint density at radius 1 is 1.43 bits per heavy atom. The van der Waals surface area contributed by atoms with E-state index in [0.717, 1.165) is 12.7 Å². The molecule has 1 amide bonds. The summed E-state index contributed by atoms with van der Waals surface area (Å²) in [5.41, 5.74) is 0.767. The maximum atomic E-state index is 11.5. The van der Waals surface area contributed by atoms with Crippen LogP contribution in [0, 0.1) is 0 Å². The van der Waals surface area contributed by atoms with E-state index in [1.807, 2.05) is 0 Å². The number of benzene rings is 1. The number of esters is 1. The Bertz CT molecular complexity index is 569. The number of hydrogen-bond donors (Lipinski definition) is 2. The van der Waals surface area contributed by atoms with Crippen LogP contribution >= 0.6 is 0 Å². The number of carbonyl (C=O) groups is 2. The third-order valence-electron chi connectivity index (χ3n) is 2.77. The molecule has 0 spiro atoms. The van der Waals surface area contributed by atoms with Gasteiger partial charge in [-0.2, -0.15) is 0 Å². The number of carbonyl (C=O) groups excluding carboxylic acids is 2. The summed E-state index contributed by atoms with van der Waals surface area (Å²) in [5, 5.41) is 11.7. The fourth-order valence-electron chi connectivity index (χ4n) is 1.66. The number of methoxy groups -OCH3 is 1. The summed E-state index contributed by atoms with van der Waals surface area (Å²) in [6.45, 7) is -0.0224. The summed E-state index contributed by atoms with van der Waals surface area (Å²) >= 11 is 0. The Labute approximate surface area is 121 Å². The van der Waals surface area contributed by atoms with E-state index in [-0.39, 0.29) is 13.3 Å². The molecule has 1 unspecified atom stereocenters. The van der Waals surface area contributed by atoms with Crippen molar-refractivity contribution in [1.82, 2.24) is 5.32 Å². The maximum Gasteiger partial charge on any atom is 0.336 e. The standard InChI is InChI=1S/C14H15NO6/c1-19-14(18)10(16)7-15-13(17)5-3-9-2-4-11-12(6-9)21-8-20-11/h2-6,10,16H,7-8H2,1H3,(H,15,17)/b5-3+. The molecule has 0 saturated heterocycles. The van der Waals surface area contributed by atoms with Crippen molar-refractivity contribution in [2.75, 3.05) is 20.4 Å². The Balaban J connectivity index is 1.86. The highest BCUT2D eigenvalue weighted by Crippen LogP contribution is 2.32. The molecule has 0 fully saturated rings. The Kier molecular flexibility index (Phi) is 4.78. The van der Waals surface area contributed by atoms with Crippen LogP contribution < -0.4 is 14.8 Å². The summed E-state index contributed by atoms with van der Waals surface area (Å²) in [5.74, 6) is 0.0575. The van der Waals surface area contributed by atoms with Crippen molar-refractivity contribution in [3.63, 3.8) is 0 Å². The predicted octanol–water partition coefficient (Wildman–Crippen LogP) is 0.0786. The predicted molar refractivity (Wildman–Crippen MR) is 72.6 cm³/mol. The van der Waals surface area contributed by atoms with Gasteiger partial charge in [0.1, 0.15) is 0 Å². The van der Waals surface area contributed by atoms with Crippen molar-refractivity contribution in [3.05, 3.63) is 29.8 Å². The van der Waals surface area contributed by atoms with E-state index in [4.69, 9.17) is 9.47 Å². The zero-order valence-electron chi connectivity index (χ0n) is 11.4. The van der Waals surface area contributed by atoms with Crippen LogP contribution in [0.3, 0.4) is 0 Å². The SMILES string of the molecule is COC(=O)C(O)CNC(=O)/C=C/c1ccc2c(c1)OCO2. The quantitative estimate of drug-likeness (QED) is 0.590. The van der Waals surface area contributed by atoms with Gasteiger partial charge in [-0.05, 0) is 23.8 Å². The molecule has 0 saturated carbocycles. The van der Waals surface area contributed by atoms with E-state index >= 15 is 0 Å². The van der Waals surface area contributed by atoms with Crippen molar-refractivity contribution >= 4 is 18.0 Å². The Morgan fingerprint density at radius 3 is 2.95 bits per heavy atom. The van der Waals surface area contributed by atoms with E-state index in [1.54, 1.807) is 24.3 Å². The van der Waals surface area contributed by atoms with Crippen molar-refractivity contribution < 1.29 is 28.9 Å². The van der Waals surface area contributed by atoms with Crippen LogP contribution in [0.25, 0.3) is 6.08 Å². The first-order chi connectivity index (χ1) is 10.1. The molecule has 0 aliphatic carbocycles. The zero-order chi connectivity index (χ0) is 15.2. The smallest absolute Gasteiger partial charge is 0.336 e. The van der Waals surface area contributed by atoms with Gasteiger partial charge in [0.25, 0.3) is 0 Å². The molecule has 2 rings (SSSR count). The van der Waals surface area contributed by atoms with Gasteiger partial charge < -0.3 is 24.6 Å². The average molecular weight is 293 g/mol. The third-order valence-corrected chi connectivity index (χ3v) is 2.77. The monoisotopic (exact) mass is 293 g/mol. The summed E-state index contributed by atoms with van der Waals surface area (Å²) in [4.78, 5) is 22.5. The van der Waals surface area contributed by atoms with Crippen LogP contribution in [0.15, 0.2) is 24.3 Å². The molecule has 0 aromatic heterocycles. The van der Waals surface area contributed by atoms with Crippen LogP contribution in [-0.4, -0.2) is 43.5 Å². The van der Waals surface area contributed by atoms with Gasteiger partial charge in [0, 0.05) is 6.08 Å². The number of rotatable bonds is 5. The van der Waals surface area contributed by atoms with E-state index < -0.39 is 18.0 Å². The van der Waals surface area contributed by atoms with Crippen LogP contribution in [-0.2, 0) is 14.3 Å². The number of fused-ring (bicyclic) bond motifs is 1. The summed E-state index contributed by atoms with van der Waals surface area (Å²) in [7, 11) is 1.16. The van der Waals surface area contributed by atoms with Gasteiger partial charge in [0.05, 0.1) is 13.7 Å². The van der Waals surface area contributed by atoms with Gasteiger partial charge in [-0.15, -0.1) is 0 Å². The summed E-state index contributed by atoms with van der Waals surface area (Å²) in [6.07, 6.45) is 1.50. The van der Waals surface area contributed by atoms with Crippen molar-refractivity contribution in [2.45, 2.75) is 6.10 Å². The van der Waals surface area contributed by atoms with Gasteiger partial charge in [-0.25, -0.2) is 4.79 Å². The first-order valence-electron chi connectivity index (χ1n) is 6.21. The van der Waals surface area contributed by atoms with E-state index in [0.29, 0.717) is 11.5 Å². The molecule has 2 N–H and O–H groups in total. The summed E-state index contributed by atoms with van der Waals surface area (Å²) in [6, 6.07) is 5.27. The number of ether oxygens (including phenoxy) is 3. The highest BCUT2D eigenvalue weighted by Gasteiger charge is 2.15. The minimum absolute atomic E-state index is 0.189. The maximum absolute atomic E-state index is 11.5. The van der Waals surface area contributed by atoms with Gasteiger partial charge in [-0.3, -0.25) is 4.79 Å². The molecule has 21 heavy (non-hydrogen) atoms. The van der Waals surface area contributed by atoms with E-state index in [1.165, 1.54) is 6.08 Å². The zero-order valence-corrected chi connectivity index (χ0v) is 11.4. The first kappa shape index (κ1) is 14.9. The fraction of sp³-hybridized carbons (Fsp3) is 0.286. The molecule has 1 aromatic carbocycles. The van der Waals surface area contributed by atoms with Crippen molar-refractivity contribution in [2.24, 2.45) is 0 Å². The first-order valence-corrected chi connectivity index (χ1v) is 6.21. The largest absolute Gasteiger partial charge is 0.467 e. The molecule has 1 heterocycles. The van der Waals surface area contributed by atoms with Gasteiger partial charge >= 0.3 is 5.97 Å². The van der Waals surface area contributed by atoms with Crippen molar-refractivity contribution in [1.29, 1.82) is 0 Å². The molecule has 112 valence electrons. The highest BCUT2D eigenvalue weighted by molar-refractivity contribution is 5.92. The Morgan fingerprint density at radius 2 is 2.19 bits per heavy atom. The van der Waals surface area contributed by atoms with Crippen molar-refractivity contribution in [3.8, 4) is 11.5 Å². The molecule has 1 aliphatic rings. The van der Waals surface area contributed by atoms with Crippen LogP contribution in [0.5, 0.6) is 11.5 Å². The van der Waals surface area contributed by atoms with Gasteiger partial charge in [0.15, 0.2) is 17.6 Å². The van der Waals surface area contributed by atoms with E-state index in [2.05, 4.69) is 10.1 Å². The highest BCUT2D eigenvalue weighted by atomic mass is 16.7. The van der Waals surface area contributed by atoms with Crippen LogP contribution in [0.2, 0.25) is 0 Å². The Hall–Kier alpha value is -2.54. The lowest BCUT2D eigenvalue weighted by atomic mass is 10.2. The second kappa shape index (κ2) is 6.76. The minimum Gasteiger partial charge on any atom is -0.467 e. The molecule has 7 heteroatoms. The molecule has 1 aliphatic heterocycles. The molecular formula is C14H15NO6. The molecule has 7 nitrogen and oxygen atoms in total. The van der Waals surface area contributed by atoms with Crippen LogP contribution in [0.4, 0.5) is 0 Å². The number of nitrogens with one attached hydrogen (secondary N) is 1. The minimum atomic E-state index is -1.38. The molecule has 0 radical (unpaired) electrons. The lowest BCUT2D eigenvalue weighted by Gasteiger charge is -2.07.